The van der Waals surface area contributed by atoms with Crippen LogP contribution >= 0.6 is 90.7 Å². The largest absolute Gasteiger partial charge is 0.491 e. The lowest BCUT2D eigenvalue weighted by molar-refractivity contribution is 0.306. The van der Waals surface area contributed by atoms with E-state index < -0.39 is 0 Å². The first kappa shape index (κ1) is 17.5. The number of aromatic nitrogens is 1. The molecule has 0 fully saturated rings. The van der Waals surface area contributed by atoms with Gasteiger partial charge in [-0.1, -0.05) is 0 Å². The summed E-state index contributed by atoms with van der Waals surface area (Å²) >= 11 is 14.4. The molecule has 0 unspecified atom stereocenters. The molecule has 2 aromatic rings. The molecule has 0 amide bonds. The number of halogens is 4. The number of ether oxygens (including phenoxy) is 1. The first-order valence-electron chi connectivity index (χ1n) is 5.86. The molecule has 2 nitrogen and oxygen atoms in total. The Kier molecular flexibility index (Phi) is 7.59. The zero-order valence-corrected chi connectivity index (χ0v) is 18.4. The van der Waals surface area contributed by atoms with E-state index in [-0.39, 0.29) is 0 Å². The Morgan fingerprint density at radius 1 is 1.20 bits per heavy atom. The van der Waals surface area contributed by atoms with Gasteiger partial charge in [0.15, 0.2) is 0 Å². The number of alkyl halides is 1. The molecule has 0 aliphatic heterocycles. The molecule has 0 atom stereocenters. The molecule has 0 spiro atoms. The van der Waals surface area contributed by atoms with E-state index in [1.54, 1.807) is 11.3 Å². The number of nitrogens with zero attached hydrogens (tertiary/aromatic N) is 1. The monoisotopic (exact) mass is 645 g/mol. The standard InChI is InChI=1S/C13H11ClI3NOS/c14-6-9-7-20-12(18-9)2-1-3-19-13-10(16)4-8(15)5-11(13)17/h4-5,7H,1-3,6H2. The van der Waals surface area contributed by atoms with Gasteiger partial charge in [0.05, 0.1) is 30.3 Å². The third-order valence-electron chi connectivity index (χ3n) is 2.48. The number of hydrogen-bond acceptors (Lipinski definition) is 3. The van der Waals surface area contributed by atoms with E-state index in [0.29, 0.717) is 12.5 Å². The Morgan fingerprint density at radius 2 is 1.90 bits per heavy atom. The average Bonchev–Trinajstić information content (AvgIpc) is 2.84. The van der Waals surface area contributed by atoms with Crippen molar-refractivity contribution in [3.8, 4) is 5.75 Å². The van der Waals surface area contributed by atoms with Gasteiger partial charge in [-0.25, -0.2) is 4.98 Å². The van der Waals surface area contributed by atoms with Crippen LogP contribution in [0.25, 0.3) is 0 Å². The van der Waals surface area contributed by atoms with Gasteiger partial charge in [0, 0.05) is 15.4 Å². The Bertz CT molecular complexity index is 568. The van der Waals surface area contributed by atoms with Crippen LogP contribution in [-0.4, -0.2) is 11.6 Å². The van der Waals surface area contributed by atoms with Crippen molar-refractivity contribution in [3.05, 3.63) is 38.9 Å². The van der Waals surface area contributed by atoms with Crippen molar-refractivity contribution in [1.82, 2.24) is 4.98 Å². The van der Waals surface area contributed by atoms with Crippen LogP contribution in [0.5, 0.6) is 5.75 Å². The van der Waals surface area contributed by atoms with Crippen molar-refractivity contribution in [2.24, 2.45) is 0 Å². The normalized spacial score (nSPS) is 10.8. The smallest absolute Gasteiger partial charge is 0.145 e. The quantitative estimate of drug-likeness (QED) is 0.229. The molecule has 0 saturated carbocycles. The van der Waals surface area contributed by atoms with Gasteiger partial charge in [0.2, 0.25) is 0 Å². The zero-order chi connectivity index (χ0) is 14.5. The second kappa shape index (κ2) is 8.68. The van der Waals surface area contributed by atoms with Crippen molar-refractivity contribution in [2.75, 3.05) is 6.61 Å². The maximum Gasteiger partial charge on any atom is 0.145 e. The van der Waals surface area contributed by atoms with Gasteiger partial charge in [0.25, 0.3) is 0 Å². The summed E-state index contributed by atoms with van der Waals surface area (Å²) in [4.78, 5) is 4.45. The fourth-order valence-corrected chi connectivity index (χ4v) is 6.55. The summed E-state index contributed by atoms with van der Waals surface area (Å²) in [5, 5.41) is 3.16. The van der Waals surface area contributed by atoms with E-state index in [1.807, 2.05) is 5.38 Å². The molecule has 0 radical (unpaired) electrons. The summed E-state index contributed by atoms with van der Waals surface area (Å²) in [7, 11) is 0. The highest BCUT2D eigenvalue weighted by Crippen LogP contribution is 2.29. The van der Waals surface area contributed by atoms with E-state index in [0.717, 1.165) is 36.4 Å². The fraction of sp³-hybridized carbons (Fsp3) is 0.308. The van der Waals surface area contributed by atoms with Crippen molar-refractivity contribution >= 4 is 90.7 Å². The minimum Gasteiger partial charge on any atom is -0.491 e. The van der Waals surface area contributed by atoms with Gasteiger partial charge in [-0.2, -0.15) is 0 Å². The third-order valence-corrected chi connectivity index (χ3v) is 5.94. The van der Waals surface area contributed by atoms with E-state index in [1.165, 1.54) is 3.57 Å². The minimum atomic E-state index is 0.492. The van der Waals surface area contributed by atoms with Gasteiger partial charge in [-0.3, -0.25) is 0 Å². The number of benzene rings is 1. The van der Waals surface area contributed by atoms with Crippen LogP contribution in [0.15, 0.2) is 17.5 Å². The van der Waals surface area contributed by atoms with Crippen LogP contribution in [0.1, 0.15) is 17.1 Å². The van der Waals surface area contributed by atoms with Crippen molar-refractivity contribution in [3.63, 3.8) is 0 Å². The first-order valence-corrected chi connectivity index (χ1v) is 10.5. The van der Waals surface area contributed by atoms with E-state index in [2.05, 4.69) is 84.9 Å². The number of hydrogen-bond donors (Lipinski definition) is 0. The number of rotatable bonds is 6. The first-order chi connectivity index (χ1) is 9.60. The minimum absolute atomic E-state index is 0.492. The predicted octanol–water partition coefficient (Wildman–Crippen LogP) is 5.71. The van der Waals surface area contributed by atoms with Gasteiger partial charge >= 0.3 is 0 Å². The van der Waals surface area contributed by atoms with Crippen LogP contribution in [0.3, 0.4) is 0 Å². The van der Waals surface area contributed by atoms with Crippen LogP contribution in [-0.2, 0) is 12.3 Å². The van der Waals surface area contributed by atoms with Gasteiger partial charge < -0.3 is 4.74 Å². The maximum atomic E-state index is 5.91. The second-order valence-electron chi connectivity index (χ2n) is 4.02. The van der Waals surface area contributed by atoms with Crippen molar-refractivity contribution < 1.29 is 4.74 Å². The number of thiazole rings is 1. The molecule has 1 aromatic carbocycles. The van der Waals surface area contributed by atoms with Gasteiger partial charge in [-0.05, 0) is 86.3 Å². The molecule has 0 aliphatic carbocycles. The summed E-state index contributed by atoms with van der Waals surface area (Å²) in [6, 6.07) is 4.26. The molecule has 0 aliphatic rings. The topological polar surface area (TPSA) is 22.1 Å². The molecule has 0 N–H and O–H groups in total. The van der Waals surface area contributed by atoms with E-state index in [4.69, 9.17) is 16.3 Å². The van der Waals surface area contributed by atoms with Gasteiger partial charge in [0.1, 0.15) is 5.75 Å². The van der Waals surface area contributed by atoms with Gasteiger partial charge in [-0.15, -0.1) is 22.9 Å². The molecule has 20 heavy (non-hydrogen) atoms. The van der Waals surface area contributed by atoms with Crippen molar-refractivity contribution in [1.29, 1.82) is 0 Å². The van der Waals surface area contributed by atoms with Crippen LogP contribution in [0, 0.1) is 10.7 Å². The molecule has 0 bridgehead atoms. The van der Waals surface area contributed by atoms with Crippen LogP contribution < -0.4 is 4.74 Å². The second-order valence-corrected chi connectivity index (χ2v) is 8.80. The summed E-state index contributed by atoms with van der Waals surface area (Å²) in [5.74, 6) is 1.48. The number of aryl methyl sites for hydroxylation is 1. The molecule has 2 rings (SSSR count). The molecule has 0 saturated heterocycles. The lowest BCUT2D eigenvalue weighted by Gasteiger charge is -2.10. The molecule has 7 heteroatoms. The summed E-state index contributed by atoms with van der Waals surface area (Å²) in [6.45, 7) is 0.711. The van der Waals surface area contributed by atoms with Crippen LogP contribution in [0.4, 0.5) is 0 Å². The molecule has 1 aromatic heterocycles. The fourth-order valence-electron chi connectivity index (χ4n) is 1.59. The predicted molar refractivity (Wildman–Crippen MR) is 110 cm³/mol. The summed E-state index contributed by atoms with van der Waals surface area (Å²) < 4.78 is 9.47. The maximum absolute atomic E-state index is 5.91. The average molecular weight is 645 g/mol. The van der Waals surface area contributed by atoms with E-state index in [9.17, 15) is 0 Å². The molecule has 108 valence electrons. The molecular weight excluding hydrogens is 634 g/mol. The lowest BCUT2D eigenvalue weighted by Crippen LogP contribution is -2.02. The molecule has 1 heterocycles. The Morgan fingerprint density at radius 3 is 2.50 bits per heavy atom. The highest BCUT2D eigenvalue weighted by atomic mass is 127. The highest BCUT2D eigenvalue weighted by molar-refractivity contribution is 14.1. The third kappa shape index (κ3) is 5.10. The summed E-state index contributed by atoms with van der Waals surface area (Å²) in [5.41, 5.74) is 0.967. The zero-order valence-electron chi connectivity index (χ0n) is 10.3. The lowest BCUT2D eigenvalue weighted by atomic mass is 10.3. The van der Waals surface area contributed by atoms with Crippen molar-refractivity contribution in [2.45, 2.75) is 18.7 Å². The SMILES string of the molecule is ClCc1csc(CCCOc2c(I)cc(I)cc2I)n1. The van der Waals surface area contributed by atoms with Crippen LogP contribution in [0.2, 0.25) is 0 Å². The highest BCUT2D eigenvalue weighted by Gasteiger charge is 2.08. The Hall–Kier alpha value is 1.13. The molecular formula is C13H11ClI3NOS. The summed E-state index contributed by atoms with van der Waals surface area (Å²) in [6.07, 6.45) is 1.91. The van der Waals surface area contributed by atoms with E-state index >= 15 is 0 Å². The Balaban J connectivity index is 1.84. The Labute approximate surface area is 168 Å².